The van der Waals surface area contributed by atoms with Crippen molar-refractivity contribution in [1.82, 2.24) is 14.7 Å². The predicted octanol–water partition coefficient (Wildman–Crippen LogP) is 4.16. The second-order valence-electron chi connectivity index (χ2n) is 4.54. The summed E-state index contributed by atoms with van der Waals surface area (Å²) in [6, 6.07) is 6.22. The van der Waals surface area contributed by atoms with Crippen molar-refractivity contribution < 1.29 is 0 Å². The molecule has 0 saturated heterocycles. The second-order valence-corrected chi connectivity index (χ2v) is 7.01. The van der Waals surface area contributed by atoms with Crippen molar-refractivity contribution in [2.24, 2.45) is 0 Å². The third-order valence-corrected chi connectivity index (χ3v) is 5.23. The smallest absolute Gasteiger partial charge is 0.193 e. The number of aromatic nitrogens is 2. The van der Waals surface area contributed by atoms with Gasteiger partial charge >= 0.3 is 0 Å². The van der Waals surface area contributed by atoms with Crippen molar-refractivity contribution in [1.29, 1.82) is 0 Å². The highest BCUT2D eigenvalue weighted by atomic mass is 127. The minimum atomic E-state index is 0.213. The van der Waals surface area contributed by atoms with Crippen LogP contribution in [0, 0.1) is 3.57 Å². The Labute approximate surface area is 140 Å². The number of fused-ring (bicyclic) bond motifs is 1. The van der Waals surface area contributed by atoms with E-state index in [2.05, 4.69) is 43.5 Å². The minimum Gasteiger partial charge on any atom is -0.313 e. The molecule has 0 radical (unpaired) electrons. The van der Waals surface area contributed by atoms with E-state index in [-0.39, 0.29) is 6.04 Å². The van der Waals surface area contributed by atoms with E-state index < -0.39 is 0 Å². The van der Waals surface area contributed by atoms with Crippen LogP contribution in [-0.4, -0.2) is 16.4 Å². The van der Waals surface area contributed by atoms with E-state index in [9.17, 15) is 0 Å². The fraction of sp³-hybridized carbons (Fsp3) is 0.214. The van der Waals surface area contributed by atoms with Gasteiger partial charge in [0, 0.05) is 38.8 Å². The molecule has 1 aromatic carbocycles. The van der Waals surface area contributed by atoms with Gasteiger partial charge in [0.15, 0.2) is 4.96 Å². The summed E-state index contributed by atoms with van der Waals surface area (Å²) in [5, 5.41) is 6.18. The third-order valence-electron chi connectivity index (χ3n) is 3.24. The highest BCUT2D eigenvalue weighted by Crippen LogP contribution is 2.26. The first-order chi connectivity index (χ1) is 9.67. The van der Waals surface area contributed by atoms with Crippen LogP contribution in [0.15, 0.2) is 36.0 Å². The molecular weight excluding hydrogens is 405 g/mol. The molecule has 3 nitrogen and oxygen atoms in total. The Kier molecular flexibility index (Phi) is 4.30. The quantitative estimate of drug-likeness (QED) is 0.646. The molecule has 0 bridgehead atoms. The lowest BCUT2D eigenvalue weighted by atomic mass is 10.0. The van der Waals surface area contributed by atoms with Crippen molar-refractivity contribution in [2.45, 2.75) is 12.5 Å². The van der Waals surface area contributed by atoms with Gasteiger partial charge in [-0.3, -0.25) is 4.40 Å². The molecule has 1 atom stereocenters. The topological polar surface area (TPSA) is 29.3 Å². The summed E-state index contributed by atoms with van der Waals surface area (Å²) in [6.07, 6.45) is 4.98. The Morgan fingerprint density at radius 2 is 2.35 bits per heavy atom. The van der Waals surface area contributed by atoms with Crippen LogP contribution < -0.4 is 5.32 Å². The first-order valence-electron chi connectivity index (χ1n) is 6.20. The van der Waals surface area contributed by atoms with Gasteiger partial charge in [0.25, 0.3) is 0 Å². The van der Waals surface area contributed by atoms with Gasteiger partial charge in [0.05, 0.1) is 5.69 Å². The average Bonchev–Trinajstić information content (AvgIpc) is 3.00. The first-order valence-corrected chi connectivity index (χ1v) is 8.54. The van der Waals surface area contributed by atoms with Crippen LogP contribution in [-0.2, 0) is 6.42 Å². The molecule has 3 aromatic rings. The van der Waals surface area contributed by atoms with Crippen molar-refractivity contribution in [3.63, 3.8) is 0 Å². The van der Waals surface area contributed by atoms with Crippen LogP contribution in [0.2, 0.25) is 5.02 Å². The Hall–Kier alpha value is -0.630. The normalized spacial score (nSPS) is 12.9. The van der Waals surface area contributed by atoms with Gasteiger partial charge in [-0.25, -0.2) is 4.98 Å². The van der Waals surface area contributed by atoms with E-state index in [1.54, 1.807) is 11.3 Å². The zero-order chi connectivity index (χ0) is 14.1. The number of hydrogen-bond acceptors (Lipinski definition) is 3. The molecule has 20 heavy (non-hydrogen) atoms. The van der Waals surface area contributed by atoms with Crippen molar-refractivity contribution in [3.8, 4) is 0 Å². The van der Waals surface area contributed by atoms with Gasteiger partial charge in [0.2, 0.25) is 0 Å². The monoisotopic (exact) mass is 417 g/mol. The summed E-state index contributed by atoms with van der Waals surface area (Å²) >= 11 is 10.1. The van der Waals surface area contributed by atoms with E-state index in [0.717, 1.165) is 22.1 Å². The number of nitrogens with one attached hydrogen (secondary N) is 1. The van der Waals surface area contributed by atoms with Crippen LogP contribution in [0.1, 0.15) is 17.3 Å². The van der Waals surface area contributed by atoms with E-state index in [4.69, 9.17) is 11.6 Å². The fourth-order valence-electron chi connectivity index (χ4n) is 2.23. The molecule has 104 valence electrons. The van der Waals surface area contributed by atoms with E-state index in [1.165, 1.54) is 9.13 Å². The number of rotatable bonds is 4. The number of benzene rings is 1. The summed E-state index contributed by atoms with van der Waals surface area (Å²) in [5.41, 5.74) is 2.31. The van der Waals surface area contributed by atoms with E-state index in [0.29, 0.717) is 0 Å². The number of thiazole rings is 1. The standard InChI is InChI=1S/C14H13ClIN3S/c1-17-13(11-6-9(15)2-3-12(11)16)7-10-8-19-4-5-20-14(19)18-10/h2-6,8,13,17H,7H2,1H3. The summed E-state index contributed by atoms with van der Waals surface area (Å²) in [5.74, 6) is 0. The Bertz CT molecular complexity index is 708. The van der Waals surface area contributed by atoms with Gasteiger partial charge in [-0.05, 0) is 53.4 Å². The molecule has 1 unspecified atom stereocenters. The maximum Gasteiger partial charge on any atom is 0.193 e. The van der Waals surface area contributed by atoms with Crippen LogP contribution in [0.25, 0.3) is 4.96 Å². The average molecular weight is 418 g/mol. The van der Waals surface area contributed by atoms with Gasteiger partial charge in [-0.2, -0.15) is 0 Å². The van der Waals surface area contributed by atoms with E-state index >= 15 is 0 Å². The van der Waals surface area contributed by atoms with Gasteiger partial charge in [-0.1, -0.05) is 11.6 Å². The van der Waals surface area contributed by atoms with Gasteiger partial charge < -0.3 is 5.32 Å². The molecule has 0 amide bonds. The SMILES string of the molecule is CNC(Cc1cn2ccsc2n1)c1cc(Cl)ccc1I. The largest absolute Gasteiger partial charge is 0.313 e. The molecule has 6 heteroatoms. The maximum absolute atomic E-state index is 6.12. The number of imidazole rings is 1. The summed E-state index contributed by atoms with van der Waals surface area (Å²) in [7, 11) is 1.97. The van der Waals surface area contributed by atoms with Crippen molar-refractivity contribution in [2.75, 3.05) is 7.05 Å². The maximum atomic E-state index is 6.12. The van der Waals surface area contributed by atoms with Crippen LogP contribution in [0.5, 0.6) is 0 Å². The second kappa shape index (κ2) is 6.01. The molecule has 1 N–H and O–H groups in total. The Balaban J connectivity index is 1.89. The highest BCUT2D eigenvalue weighted by molar-refractivity contribution is 14.1. The molecule has 3 rings (SSSR count). The Morgan fingerprint density at radius 3 is 3.10 bits per heavy atom. The molecule has 0 spiro atoms. The fourth-order valence-corrected chi connectivity index (χ4v) is 3.84. The number of hydrogen-bond donors (Lipinski definition) is 1. The van der Waals surface area contributed by atoms with Crippen LogP contribution in [0.3, 0.4) is 0 Å². The lowest BCUT2D eigenvalue weighted by molar-refractivity contribution is 0.583. The van der Waals surface area contributed by atoms with Gasteiger partial charge in [-0.15, -0.1) is 11.3 Å². The zero-order valence-corrected chi connectivity index (χ0v) is 14.5. The molecule has 0 aliphatic rings. The molecule has 2 aromatic heterocycles. The summed E-state index contributed by atoms with van der Waals surface area (Å²) < 4.78 is 3.28. The minimum absolute atomic E-state index is 0.213. The Morgan fingerprint density at radius 1 is 1.50 bits per heavy atom. The van der Waals surface area contributed by atoms with Crippen molar-refractivity contribution in [3.05, 3.63) is 55.8 Å². The van der Waals surface area contributed by atoms with Crippen LogP contribution in [0.4, 0.5) is 0 Å². The summed E-state index contributed by atoms with van der Waals surface area (Å²) in [6.45, 7) is 0. The van der Waals surface area contributed by atoms with Crippen LogP contribution >= 0.6 is 45.5 Å². The number of likely N-dealkylation sites (N-methyl/N-ethyl adjacent to an activating group) is 1. The van der Waals surface area contributed by atoms with Crippen molar-refractivity contribution >= 4 is 50.5 Å². The molecule has 2 heterocycles. The summed E-state index contributed by atoms with van der Waals surface area (Å²) in [4.78, 5) is 5.68. The molecule has 0 aliphatic carbocycles. The molecule has 0 aliphatic heterocycles. The number of nitrogens with zero attached hydrogens (tertiary/aromatic N) is 2. The molecular formula is C14H13ClIN3S. The predicted molar refractivity (Wildman–Crippen MR) is 92.7 cm³/mol. The first kappa shape index (κ1) is 14.3. The zero-order valence-electron chi connectivity index (χ0n) is 10.8. The highest BCUT2D eigenvalue weighted by Gasteiger charge is 2.16. The van der Waals surface area contributed by atoms with Gasteiger partial charge in [0.1, 0.15) is 0 Å². The lowest BCUT2D eigenvalue weighted by Gasteiger charge is -2.17. The van der Waals surface area contributed by atoms with E-state index in [1.807, 2.05) is 36.8 Å². The molecule has 0 saturated carbocycles. The lowest BCUT2D eigenvalue weighted by Crippen LogP contribution is -2.20. The molecule has 0 fully saturated rings. The third kappa shape index (κ3) is 2.86. The number of halogens is 2.